The number of anilines is 2. The Hall–Kier alpha value is -3.88. The average Bonchev–Trinajstić information content (AvgIpc) is 3.12. The molecule has 1 aromatic carbocycles. The molecule has 3 heterocycles. The third-order valence-corrected chi connectivity index (χ3v) is 4.06. The van der Waals surface area contributed by atoms with Crippen molar-refractivity contribution in [3.63, 3.8) is 0 Å². The maximum absolute atomic E-state index is 12.7. The van der Waals surface area contributed by atoms with E-state index in [0.717, 1.165) is 34.3 Å². The van der Waals surface area contributed by atoms with Crippen LogP contribution in [0.3, 0.4) is 0 Å². The Bertz CT molecular complexity index is 1090. The number of aromatic nitrogens is 3. The minimum absolute atomic E-state index is 0.250. The van der Waals surface area contributed by atoms with Gasteiger partial charge >= 0.3 is 6.18 Å². The van der Waals surface area contributed by atoms with E-state index in [0.29, 0.717) is 11.3 Å². The molecule has 0 unspecified atom stereocenters. The number of hydrogen-bond acceptors (Lipinski definition) is 4. The van der Waals surface area contributed by atoms with Gasteiger partial charge in [-0.2, -0.15) is 13.2 Å². The fourth-order valence-corrected chi connectivity index (χ4v) is 2.83. The van der Waals surface area contributed by atoms with Crippen molar-refractivity contribution in [3.05, 3.63) is 72.8 Å². The Morgan fingerprint density at radius 3 is 2.28 bits per heavy atom. The van der Waals surface area contributed by atoms with E-state index >= 15 is 0 Å². The number of carbonyl (C=O) groups excluding carboxylic acids is 1. The summed E-state index contributed by atoms with van der Waals surface area (Å²) in [7, 11) is 0. The van der Waals surface area contributed by atoms with Gasteiger partial charge < -0.3 is 16.0 Å². The van der Waals surface area contributed by atoms with E-state index in [1.165, 1.54) is 12.1 Å². The Balaban J connectivity index is 0.000000755. The number of fused-ring (bicyclic) bond motifs is 1. The smallest absolute Gasteiger partial charge is 0.372 e. The van der Waals surface area contributed by atoms with Crippen LogP contribution in [0.5, 0.6) is 0 Å². The number of rotatable bonds is 3. The van der Waals surface area contributed by atoms with Gasteiger partial charge in [-0.25, -0.2) is 4.98 Å². The van der Waals surface area contributed by atoms with Gasteiger partial charge in [0.25, 0.3) is 0 Å². The summed E-state index contributed by atoms with van der Waals surface area (Å²) in [5, 5.41) is 4.02. The van der Waals surface area contributed by atoms with Crippen LogP contribution in [-0.2, 0) is 11.0 Å². The molecule has 0 radical (unpaired) electrons. The van der Waals surface area contributed by atoms with E-state index in [1.54, 1.807) is 24.8 Å². The number of nitrogens with zero attached hydrogens (tertiary/aromatic N) is 2. The molecule has 0 fully saturated rings. The standard InChI is InChI=1S/C19H13F3N4.CH3NO/c20-19(21,22)13-1-3-14(4-2-13)26-16-11-25-18-17(16)15(7-10-24-18)12-5-8-23-9-6-12;2-1-3/h1-11,26H,(H,24,25);1H,(H2,2,3). The second kappa shape index (κ2) is 8.42. The molecule has 0 saturated carbocycles. The van der Waals surface area contributed by atoms with Crippen LogP contribution < -0.4 is 11.1 Å². The molecule has 0 saturated heterocycles. The van der Waals surface area contributed by atoms with Crippen LogP contribution in [0.1, 0.15) is 5.56 Å². The van der Waals surface area contributed by atoms with Crippen molar-refractivity contribution in [2.45, 2.75) is 6.18 Å². The number of hydrogen-bond donors (Lipinski definition) is 3. The third kappa shape index (κ3) is 4.52. The summed E-state index contributed by atoms with van der Waals surface area (Å²) in [4.78, 5) is 20.0. The van der Waals surface area contributed by atoms with Gasteiger partial charge in [-0.3, -0.25) is 9.78 Å². The molecule has 0 aliphatic carbocycles. The number of nitrogens with two attached hydrogens (primary N) is 1. The van der Waals surface area contributed by atoms with Gasteiger partial charge in [0.1, 0.15) is 5.65 Å². The minimum Gasteiger partial charge on any atom is -0.372 e. The number of halogens is 3. The second-order valence-electron chi connectivity index (χ2n) is 5.86. The fourth-order valence-electron chi connectivity index (χ4n) is 2.83. The van der Waals surface area contributed by atoms with Crippen molar-refractivity contribution in [3.8, 4) is 11.1 Å². The highest BCUT2D eigenvalue weighted by molar-refractivity contribution is 6.03. The lowest BCUT2D eigenvalue weighted by atomic mass is 10.0. The van der Waals surface area contributed by atoms with Crippen LogP contribution in [0.25, 0.3) is 22.2 Å². The largest absolute Gasteiger partial charge is 0.416 e. The average molecular weight is 399 g/mol. The van der Waals surface area contributed by atoms with Gasteiger partial charge in [-0.1, -0.05) is 0 Å². The summed E-state index contributed by atoms with van der Waals surface area (Å²) in [6.45, 7) is 0. The number of nitrogens with one attached hydrogen (secondary N) is 2. The first-order valence-electron chi connectivity index (χ1n) is 8.40. The summed E-state index contributed by atoms with van der Waals surface area (Å²) >= 11 is 0. The fraction of sp³-hybridized carbons (Fsp3) is 0.0500. The molecule has 4 aromatic rings. The Labute approximate surface area is 163 Å². The molecule has 148 valence electrons. The van der Waals surface area contributed by atoms with E-state index in [1.807, 2.05) is 18.2 Å². The lowest BCUT2D eigenvalue weighted by Gasteiger charge is -2.10. The molecule has 9 heteroatoms. The number of primary amides is 1. The molecular weight excluding hydrogens is 383 g/mol. The van der Waals surface area contributed by atoms with Crippen molar-refractivity contribution in [2.75, 3.05) is 5.32 Å². The molecule has 1 amide bonds. The van der Waals surface area contributed by atoms with Crippen molar-refractivity contribution in [2.24, 2.45) is 5.73 Å². The van der Waals surface area contributed by atoms with Crippen LogP contribution in [0, 0.1) is 0 Å². The van der Waals surface area contributed by atoms with E-state index in [4.69, 9.17) is 4.79 Å². The molecule has 29 heavy (non-hydrogen) atoms. The van der Waals surface area contributed by atoms with Gasteiger partial charge in [0.15, 0.2) is 0 Å². The van der Waals surface area contributed by atoms with Gasteiger partial charge in [-0.15, -0.1) is 0 Å². The molecule has 6 nitrogen and oxygen atoms in total. The van der Waals surface area contributed by atoms with Crippen LogP contribution in [-0.4, -0.2) is 21.4 Å². The number of benzene rings is 1. The SMILES string of the molecule is FC(F)(F)c1ccc(Nc2c[nH]c3nccc(-c4ccncc4)c23)cc1.NC=O. The predicted octanol–water partition coefficient (Wildman–Crippen LogP) is 4.49. The van der Waals surface area contributed by atoms with Gasteiger partial charge in [-0.05, 0) is 53.6 Å². The zero-order valence-corrected chi connectivity index (χ0v) is 14.9. The number of alkyl halides is 3. The molecule has 0 atom stereocenters. The molecule has 0 aliphatic heterocycles. The van der Waals surface area contributed by atoms with Gasteiger partial charge in [0.05, 0.1) is 16.6 Å². The number of aromatic amines is 1. The molecule has 0 bridgehead atoms. The summed E-state index contributed by atoms with van der Waals surface area (Å²) < 4.78 is 38.1. The monoisotopic (exact) mass is 399 g/mol. The van der Waals surface area contributed by atoms with Gasteiger partial charge in [0.2, 0.25) is 6.41 Å². The van der Waals surface area contributed by atoms with Crippen molar-refractivity contribution >= 4 is 28.8 Å². The van der Waals surface area contributed by atoms with Crippen molar-refractivity contribution in [1.82, 2.24) is 15.0 Å². The molecule has 4 rings (SSSR count). The molecule has 4 N–H and O–H groups in total. The molecule has 3 aromatic heterocycles. The highest BCUT2D eigenvalue weighted by Gasteiger charge is 2.29. The molecule has 0 aliphatic rings. The zero-order chi connectivity index (χ0) is 20.9. The lowest BCUT2D eigenvalue weighted by molar-refractivity contribution is -0.137. The first kappa shape index (κ1) is 19.9. The van der Waals surface area contributed by atoms with E-state index < -0.39 is 11.7 Å². The number of amides is 1. The van der Waals surface area contributed by atoms with E-state index in [9.17, 15) is 13.2 Å². The summed E-state index contributed by atoms with van der Waals surface area (Å²) in [6, 6.07) is 10.6. The first-order chi connectivity index (χ1) is 13.9. The van der Waals surface area contributed by atoms with Crippen molar-refractivity contribution < 1.29 is 18.0 Å². The van der Waals surface area contributed by atoms with Gasteiger partial charge in [0, 0.05) is 30.5 Å². The zero-order valence-electron chi connectivity index (χ0n) is 14.9. The summed E-state index contributed by atoms with van der Waals surface area (Å²) in [5.74, 6) is 0. The normalized spacial score (nSPS) is 10.9. The number of H-pyrrole nitrogens is 1. The minimum atomic E-state index is -4.35. The number of carbonyl (C=O) groups is 1. The van der Waals surface area contributed by atoms with E-state index in [-0.39, 0.29) is 6.41 Å². The highest BCUT2D eigenvalue weighted by Crippen LogP contribution is 2.35. The summed E-state index contributed by atoms with van der Waals surface area (Å²) in [5.41, 5.74) is 7.40. The maximum Gasteiger partial charge on any atom is 0.416 e. The number of pyridine rings is 2. The quantitative estimate of drug-likeness (QED) is 0.442. The van der Waals surface area contributed by atoms with Crippen LogP contribution in [0.4, 0.5) is 24.5 Å². The third-order valence-electron chi connectivity index (χ3n) is 4.06. The van der Waals surface area contributed by atoms with Crippen LogP contribution in [0.15, 0.2) is 67.3 Å². The lowest BCUT2D eigenvalue weighted by Crippen LogP contribution is -2.04. The summed E-state index contributed by atoms with van der Waals surface area (Å²) in [6.07, 6.45) is 2.77. The maximum atomic E-state index is 12.7. The second-order valence-corrected chi connectivity index (χ2v) is 5.86. The Morgan fingerprint density at radius 1 is 1.00 bits per heavy atom. The highest BCUT2D eigenvalue weighted by atomic mass is 19.4. The van der Waals surface area contributed by atoms with Crippen LogP contribution in [0.2, 0.25) is 0 Å². The Morgan fingerprint density at radius 2 is 1.66 bits per heavy atom. The topological polar surface area (TPSA) is 96.7 Å². The molecule has 0 spiro atoms. The van der Waals surface area contributed by atoms with Crippen molar-refractivity contribution in [1.29, 1.82) is 0 Å². The predicted molar refractivity (Wildman–Crippen MR) is 104 cm³/mol. The molecular formula is C20H16F3N5O. The van der Waals surface area contributed by atoms with Crippen LogP contribution >= 0.6 is 0 Å². The first-order valence-corrected chi connectivity index (χ1v) is 8.40. The Kier molecular flexibility index (Phi) is 5.77. The van der Waals surface area contributed by atoms with E-state index in [2.05, 4.69) is 26.0 Å².